The lowest BCUT2D eigenvalue weighted by Crippen LogP contribution is -2.50. The van der Waals surface area contributed by atoms with Crippen molar-refractivity contribution in [1.29, 1.82) is 0 Å². The minimum atomic E-state index is -2.40. The highest BCUT2D eigenvalue weighted by Gasteiger charge is 2.63. The number of aryl methyl sites for hydroxylation is 2. The van der Waals surface area contributed by atoms with Gasteiger partial charge in [0.25, 0.3) is 5.12 Å². The summed E-state index contributed by atoms with van der Waals surface area (Å²) >= 11 is 0.441. The largest absolute Gasteiger partial charge is 0.423 e. The van der Waals surface area contributed by atoms with E-state index < -0.39 is 46.0 Å². The molecule has 2 unspecified atom stereocenters. The Morgan fingerprint density at radius 2 is 1.52 bits per heavy atom. The van der Waals surface area contributed by atoms with E-state index in [1.807, 2.05) is 13.8 Å². The zero-order chi connectivity index (χ0) is 23.0. The van der Waals surface area contributed by atoms with Crippen molar-refractivity contribution in [2.45, 2.75) is 49.3 Å². The summed E-state index contributed by atoms with van der Waals surface area (Å²) in [5.41, 5.74) is -0.169. The van der Waals surface area contributed by atoms with Gasteiger partial charge in [0.1, 0.15) is 11.4 Å². The van der Waals surface area contributed by atoms with Crippen molar-refractivity contribution in [2.24, 2.45) is 0 Å². The summed E-state index contributed by atoms with van der Waals surface area (Å²) in [7, 11) is 0. The molecule has 2 aromatic rings. The van der Waals surface area contributed by atoms with Crippen molar-refractivity contribution in [3.8, 4) is 0 Å². The number of thioether (sulfide) groups is 1. The first-order valence-electron chi connectivity index (χ1n) is 9.67. The van der Waals surface area contributed by atoms with Crippen molar-refractivity contribution in [2.75, 3.05) is 0 Å². The van der Waals surface area contributed by atoms with E-state index >= 15 is 0 Å². The number of ketones is 2. The molecule has 3 rings (SSSR count). The van der Waals surface area contributed by atoms with Crippen molar-refractivity contribution in [3.63, 3.8) is 0 Å². The van der Waals surface area contributed by atoms with Gasteiger partial charge in [-0.15, -0.1) is 0 Å². The molecule has 0 aromatic heterocycles. The molecule has 7 nitrogen and oxygen atoms in total. The van der Waals surface area contributed by atoms with Crippen LogP contribution in [0.3, 0.4) is 0 Å². The van der Waals surface area contributed by atoms with Gasteiger partial charge in [0.15, 0.2) is 17.2 Å². The number of rotatable bonds is 6. The normalized spacial score (nSPS) is 26.3. The highest BCUT2D eigenvalue weighted by Crippen LogP contribution is 2.51. The minimum Gasteiger partial charge on any atom is -0.423 e. The first-order valence-corrected chi connectivity index (χ1v) is 10.6. The molecule has 4 atom stereocenters. The monoisotopic (exact) mass is 444 g/mol. The molecule has 3 N–H and O–H groups in total. The Balaban J connectivity index is 1.99. The molecule has 1 saturated heterocycles. The summed E-state index contributed by atoms with van der Waals surface area (Å²) in [5, 5.41) is 28.8. The molecule has 0 aliphatic carbocycles. The van der Waals surface area contributed by atoms with Crippen LogP contribution in [0.15, 0.2) is 48.5 Å². The first kappa shape index (κ1) is 23.1. The van der Waals surface area contributed by atoms with Crippen LogP contribution in [-0.2, 0) is 14.3 Å². The third kappa shape index (κ3) is 4.72. The molecule has 164 valence electrons. The Bertz CT molecular complexity index is 1000. The highest BCUT2D eigenvalue weighted by molar-refractivity contribution is 8.02. The number of Topliss-reactive ketones (excluding diaryl/α,β-unsaturated/α-hetero) is 2. The zero-order valence-electron chi connectivity index (χ0n) is 17.4. The van der Waals surface area contributed by atoms with E-state index in [0.717, 1.165) is 18.1 Å². The van der Waals surface area contributed by atoms with Gasteiger partial charge < -0.3 is 20.1 Å². The Morgan fingerprint density at radius 3 is 2.03 bits per heavy atom. The summed E-state index contributed by atoms with van der Waals surface area (Å²) in [4.78, 5) is 37.9. The average Bonchev–Trinajstić information content (AvgIpc) is 2.98. The second-order valence-corrected chi connectivity index (χ2v) is 9.16. The summed E-state index contributed by atoms with van der Waals surface area (Å²) < 4.78 is 4.91. The van der Waals surface area contributed by atoms with E-state index in [1.54, 1.807) is 36.4 Å². The number of benzene rings is 2. The lowest BCUT2D eigenvalue weighted by Gasteiger charge is -2.27. The number of hydrogen-bond acceptors (Lipinski definition) is 8. The SMILES string of the molecule is CC(=O)OC1(O)C[C@@](O)(C(=O)c2ccc(C)cc2)[C@@H](C(=O)C(O)c2ccc(C)cc2)S1. The van der Waals surface area contributed by atoms with E-state index in [1.165, 1.54) is 12.1 Å². The molecular weight excluding hydrogens is 420 g/mol. The zero-order valence-corrected chi connectivity index (χ0v) is 18.2. The number of carbonyl (C=O) groups is 3. The topological polar surface area (TPSA) is 121 Å². The molecular formula is C23H24O7S. The molecule has 0 saturated carbocycles. The second-order valence-electron chi connectivity index (χ2n) is 7.82. The molecule has 0 radical (unpaired) electrons. The first-order chi connectivity index (χ1) is 14.4. The van der Waals surface area contributed by atoms with Crippen molar-refractivity contribution < 1.29 is 34.4 Å². The molecule has 8 heteroatoms. The Hall–Kier alpha value is -2.52. The predicted octanol–water partition coefficient (Wildman–Crippen LogP) is 2.23. The van der Waals surface area contributed by atoms with Gasteiger partial charge in [-0.3, -0.25) is 14.4 Å². The van der Waals surface area contributed by atoms with Gasteiger partial charge in [-0.05, 0) is 19.4 Å². The van der Waals surface area contributed by atoms with E-state index in [2.05, 4.69) is 0 Å². The Kier molecular flexibility index (Phi) is 6.38. The van der Waals surface area contributed by atoms with Crippen molar-refractivity contribution in [3.05, 3.63) is 70.8 Å². The maximum absolute atomic E-state index is 13.2. The molecule has 2 aromatic carbocycles. The standard InChI is InChI=1S/C23H24O7S/c1-13-4-8-16(9-5-13)18(25)19(26)21-22(28,12-23(29,31-21)30-15(3)24)20(27)17-10-6-14(2)7-11-17/h4-11,18,21,25,28-29H,12H2,1-3H3/t18?,21-,22-,23?/m1/s1. The van der Waals surface area contributed by atoms with Crippen LogP contribution in [0.5, 0.6) is 0 Å². The Morgan fingerprint density at radius 1 is 1.00 bits per heavy atom. The molecule has 1 heterocycles. The maximum atomic E-state index is 13.2. The van der Waals surface area contributed by atoms with Gasteiger partial charge in [0.05, 0.1) is 6.42 Å². The van der Waals surface area contributed by atoms with Crippen LogP contribution >= 0.6 is 11.8 Å². The minimum absolute atomic E-state index is 0.128. The van der Waals surface area contributed by atoms with Crippen LogP contribution in [0.25, 0.3) is 0 Å². The number of aliphatic hydroxyl groups is 3. The fraction of sp³-hybridized carbons (Fsp3) is 0.348. The second kappa shape index (κ2) is 8.55. The average molecular weight is 445 g/mol. The number of ether oxygens (including phenoxy) is 1. The van der Waals surface area contributed by atoms with Gasteiger partial charge in [-0.2, -0.15) is 0 Å². The summed E-state index contributed by atoms with van der Waals surface area (Å²) in [6, 6.07) is 12.9. The van der Waals surface area contributed by atoms with E-state index in [-0.39, 0.29) is 11.1 Å². The Labute approximate surface area is 184 Å². The van der Waals surface area contributed by atoms with Crippen LogP contribution in [-0.4, -0.2) is 48.8 Å². The van der Waals surface area contributed by atoms with Crippen LogP contribution in [0.4, 0.5) is 0 Å². The summed E-state index contributed by atoms with van der Waals surface area (Å²) in [6.45, 7) is 4.75. The van der Waals surface area contributed by atoms with Crippen LogP contribution in [0.1, 0.15) is 46.5 Å². The summed E-state index contributed by atoms with van der Waals surface area (Å²) in [5.74, 6) is -2.52. The van der Waals surface area contributed by atoms with Crippen LogP contribution in [0.2, 0.25) is 0 Å². The van der Waals surface area contributed by atoms with E-state index in [0.29, 0.717) is 11.8 Å². The number of hydrogen-bond donors (Lipinski definition) is 3. The molecule has 0 bridgehead atoms. The predicted molar refractivity (Wildman–Crippen MR) is 114 cm³/mol. The molecule has 0 amide bonds. The fourth-order valence-electron chi connectivity index (χ4n) is 3.55. The number of esters is 1. The van der Waals surface area contributed by atoms with Crippen molar-refractivity contribution >= 4 is 29.3 Å². The fourth-order valence-corrected chi connectivity index (χ4v) is 5.01. The lowest BCUT2D eigenvalue weighted by molar-refractivity contribution is -0.179. The van der Waals surface area contributed by atoms with Gasteiger partial charge >= 0.3 is 5.97 Å². The van der Waals surface area contributed by atoms with Crippen LogP contribution < -0.4 is 0 Å². The number of aliphatic hydroxyl groups excluding tert-OH is 1. The molecule has 1 fully saturated rings. The third-order valence-corrected chi connectivity index (χ3v) is 6.61. The van der Waals surface area contributed by atoms with E-state index in [9.17, 15) is 29.7 Å². The molecule has 1 aliphatic rings. The van der Waals surface area contributed by atoms with Gasteiger partial charge in [0.2, 0.25) is 0 Å². The summed E-state index contributed by atoms with van der Waals surface area (Å²) in [6.07, 6.45) is -2.36. The maximum Gasteiger partial charge on any atom is 0.305 e. The lowest BCUT2D eigenvalue weighted by atomic mass is 9.83. The van der Waals surface area contributed by atoms with Crippen molar-refractivity contribution in [1.82, 2.24) is 0 Å². The smallest absolute Gasteiger partial charge is 0.305 e. The molecule has 0 spiro atoms. The molecule has 31 heavy (non-hydrogen) atoms. The number of carbonyl (C=O) groups excluding carboxylic acids is 3. The van der Waals surface area contributed by atoms with Gasteiger partial charge in [-0.1, -0.05) is 71.4 Å². The quantitative estimate of drug-likeness (QED) is 0.352. The van der Waals surface area contributed by atoms with Gasteiger partial charge in [-0.25, -0.2) is 0 Å². The van der Waals surface area contributed by atoms with Crippen LogP contribution in [0, 0.1) is 13.8 Å². The third-order valence-electron chi connectivity index (χ3n) is 5.16. The molecule has 1 aliphatic heterocycles. The van der Waals surface area contributed by atoms with E-state index in [4.69, 9.17) is 4.74 Å². The van der Waals surface area contributed by atoms with Gasteiger partial charge in [0, 0.05) is 12.5 Å². The highest BCUT2D eigenvalue weighted by atomic mass is 32.2.